The molecule has 5 heteroatoms. The molecule has 5 nitrogen and oxygen atoms in total. The number of carboxylic acids is 1. The van der Waals surface area contributed by atoms with Crippen molar-refractivity contribution in [1.29, 1.82) is 0 Å². The lowest BCUT2D eigenvalue weighted by atomic mass is 9.74. The number of nitrogens with one attached hydrogen (secondary N) is 1. The van der Waals surface area contributed by atoms with E-state index in [9.17, 15) is 14.7 Å². The van der Waals surface area contributed by atoms with Gasteiger partial charge in [0, 0.05) is 12.5 Å². The van der Waals surface area contributed by atoms with Crippen molar-refractivity contribution in [3.05, 3.63) is 0 Å². The van der Waals surface area contributed by atoms with Crippen molar-refractivity contribution in [3.8, 4) is 0 Å². The van der Waals surface area contributed by atoms with E-state index < -0.39 is 11.4 Å². The molecule has 4 N–H and O–H groups in total. The van der Waals surface area contributed by atoms with Crippen LogP contribution in [0.25, 0.3) is 0 Å². The SMILES string of the molecule is CC(CCCN)C(=O)NCC1(C(=O)O)CCCCC1. The second-order valence-corrected chi connectivity index (χ2v) is 5.70. The number of hydrogen-bond donors (Lipinski definition) is 3. The lowest BCUT2D eigenvalue weighted by molar-refractivity contribution is -0.151. The first-order valence-corrected chi connectivity index (χ1v) is 7.23. The van der Waals surface area contributed by atoms with E-state index in [0.29, 0.717) is 19.4 Å². The Hall–Kier alpha value is -1.10. The van der Waals surface area contributed by atoms with E-state index >= 15 is 0 Å². The van der Waals surface area contributed by atoms with Crippen molar-refractivity contribution in [3.63, 3.8) is 0 Å². The maximum atomic E-state index is 11.9. The molecule has 1 unspecified atom stereocenters. The van der Waals surface area contributed by atoms with Gasteiger partial charge in [0.05, 0.1) is 5.41 Å². The Bertz CT molecular complexity index is 312. The molecule has 1 amide bonds. The van der Waals surface area contributed by atoms with Crippen LogP contribution in [-0.2, 0) is 9.59 Å². The number of nitrogens with two attached hydrogens (primary N) is 1. The van der Waals surface area contributed by atoms with E-state index in [4.69, 9.17) is 5.73 Å². The molecule has 0 spiro atoms. The summed E-state index contributed by atoms with van der Waals surface area (Å²) >= 11 is 0. The van der Waals surface area contributed by atoms with Gasteiger partial charge < -0.3 is 16.2 Å². The number of amides is 1. The summed E-state index contributed by atoms with van der Waals surface area (Å²) < 4.78 is 0. The molecular weight excluding hydrogens is 244 g/mol. The average Bonchev–Trinajstić information content (AvgIpc) is 2.42. The van der Waals surface area contributed by atoms with Crippen LogP contribution in [0.2, 0.25) is 0 Å². The highest BCUT2D eigenvalue weighted by molar-refractivity contribution is 5.80. The van der Waals surface area contributed by atoms with Gasteiger partial charge in [-0.25, -0.2) is 0 Å². The molecule has 110 valence electrons. The van der Waals surface area contributed by atoms with Crippen LogP contribution in [0.1, 0.15) is 51.9 Å². The highest BCUT2D eigenvalue weighted by Crippen LogP contribution is 2.36. The zero-order valence-corrected chi connectivity index (χ0v) is 11.8. The van der Waals surface area contributed by atoms with Gasteiger partial charge in [-0.05, 0) is 32.2 Å². The normalized spacial score (nSPS) is 19.7. The summed E-state index contributed by atoms with van der Waals surface area (Å²) in [7, 11) is 0. The van der Waals surface area contributed by atoms with Crippen molar-refractivity contribution in [2.24, 2.45) is 17.1 Å². The first-order chi connectivity index (χ1) is 9.02. The number of carboxylic acid groups (broad SMARTS) is 1. The van der Waals surface area contributed by atoms with Crippen molar-refractivity contribution >= 4 is 11.9 Å². The predicted molar refractivity (Wildman–Crippen MR) is 73.6 cm³/mol. The van der Waals surface area contributed by atoms with Crippen LogP contribution >= 0.6 is 0 Å². The molecule has 0 heterocycles. The van der Waals surface area contributed by atoms with Gasteiger partial charge in [-0.15, -0.1) is 0 Å². The average molecular weight is 270 g/mol. The first kappa shape index (κ1) is 16.0. The number of hydrogen-bond acceptors (Lipinski definition) is 3. The standard InChI is InChI=1S/C14H26N2O3/c1-11(6-5-9-15)12(17)16-10-14(13(18)19)7-3-2-4-8-14/h11H,2-10,15H2,1H3,(H,16,17)(H,18,19). The maximum Gasteiger partial charge on any atom is 0.311 e. The molecule has 1 aliphatic carbocycles. The van der Waals surface area contributed by atoms with Crippen molar-refractivity contribution in [2.45, 2.75) is 51.9 Å². The monoisotopic (exact) mass is 270 g/mol. The Kier molecular flexibility index (Phi) is 6.28. The van der Waals surface area contributed by atoms with Gasteiger partial charge in [-0.1, -0.05) is 26.2 Å². The van der Waals surface area contributed by atoms with E-state index in [1.807, 2.05) is 6.92 Å². The molecule has 0 saturated heterocycles. The largest absolute Gasteiger partial charge is 0.481 e. The van der Waals surface area contributed by atoms with Gasteiger partial charge in [0.15, 0.2) is 0 Å². The molecule has 1 aliphatic rings. The molecular formula is C14H26N2O3. The predicted octanol–water partition coefficient (Wildman–Crippen LogP) is 1.51. The molecule has 19 heavy (non-hydrogen) atoms. The molecule has 0 aromatic carbocycles. The summed E-state index contributed by atoms with van der Waals surface area (Å²) in [6.07, 6.45) is 5.87. The minimum Gasteiger partial charge on any atom is -0.481 e. The molecule has 1 rings (SSSR count). The second-order valence-electron chi connectivity index (χ2n) is 5.70. The summed E-state index contributed by atoms with van der Waals surface area (Å²) in [6.45, 7) is 2.70. The fourth-order valence-electron chi connectivity index (χ4n) is 2.68. The number of carbonyl (C=O) groups is 2. The summed E-state index contributed by atoms with van der Waals surface area (Å²) in [5.41, 5.74) is 4.67. The first-order valence-electron chi connectivity index (χ1n) is 7.23. The molecule has 0 bridgehead atoms. The van der Waals surface area contributed by atoms with E-state index in [1.54, 1.807) is 0 Å². The summed E-state index contributed by atoms with van der Waals surface area (Å²) in [5, 5.41) is 12.2. The Labute approximate surface area is 114 Å². The summed E-state index contributed by atoms with van der Waals surface area (Å²) in [6, 6.07) is 0. The van der Waals surface area contributed by atoms with Gasteiger partial charge in [-0.3, -0.25) is 9.59 Å². The lowest BCUT2D eigenvalue weighted by Crippen LogP contribution is -2.45. The quantitative estimate of drug-likeness (QED) is 0.654. The Balaban J connectivity index is 2.48. The third-order valence-electron chi connectivity index (χ3n) is 4.15. The van der Waals surface area contributed by atoms with Gasteiger partial charge in [-0.2, -0.15) is 0 Å². The van der Waals surface area contributed by atoms with E-state index in [-0.39, 0.29) is 18.4 Å². The van der Waals surface area contributed by atoms with Crippen LogP contribution in [0, 0.1) is 11.3 Å². The molecule has 0 aromatic heterocycles. The van der Waals surface area contributed by atoms with Crippen molar-refractivity contribution in [1.82, 2.24) is 5.32 Å². The fourth-order valence-corrected chi connectivity index (χ4v) is 2.68. The van der Waals surface area contributed by atoms with Crippen LogP contribution in [0.3, 0.4) is 0 Å². The highest BCUT2D eigenvalue weighted by Gasteiger charge is 2.39. The van der Waals surface area contributed by atoms with E-state index in [2.05, 4.69) is 5.32 Å². The molecule has 0 aliphatic heterocycles. The van der Waals surface area contributed by atoms with Gasteiger partial charge >= 0.3 is 5.97 Å². The number of carbonyl (C=O) groups excluding carboxylic acids is 1. The lowest BCUT2D eigenvalue weighted by Gasteiger charge is -2.33. The fraction of sp³-hybridized carbons (Fsp3) is 0.857. The minimum atomic E-state index is -0.776. The van der Waals surface area contributed by atoms with Crippen LogP contribution in [0.5, 0.6) is 0 Å². The van der Waals surface area contributed by atoms with Crippen LogP contribution in [-0.4, -0.2) is 30.1 Å². The molecule has 0 aromatic rings. The van der Waals surface area contributed by atoms with Gasteiger partial charge in [0.1, 0.15) is 0 Å². The smallest absolute Gasteiger partial charge is 0.311 e. The molecule has 1 atom stereocenters. The van der Waals surface area contributed by atoms with Crippen LogP contribution < -0.4 is 11.1 Å². The zero-order chi connectivity index (χ0) is 14.3. The summed E-state index contributed by atoms with van der Waals surface area (Å²) in [5.74, 6) is -0.931. The van der Waals surface area contributed by atoms with Crippen LogP contribution in [0.4, 0.5) is 0 Å². The Morgan fingerprint density at radius 2 is 1.95 bits per heavy atom. The second kappa shape index (κ2) is 7.48. The van der Waals surface area contributed by atoms with Crippen LogP contribution in [0.15, 0.2) is 0 Å². The third kappa shape index (κ3) is 4.49. The zero-order valence-electron chi connectivity index (χ0n) is 11.8. The molecule has 1 saturated carbocycles. The number of rotatable bonds is 7. The topological polar surface area (TPSA) is 92.4 Å². The van der Waals surface area contributed by atoms with E-state index in [0.717, 1.165) is 32.1 Å². The minimum absolute atomic E-state index is 0.0559. The Morgan fingerprint density at radius 1 is 1.32 bits per heavy atom. The maximum absolute atomic E-state index is 11.9. The van der Waals surface area contributed by atoms with Crippen molar-refractivity contribution < 1.29 is 14.7 Å². The van der Waals surface area contributed by atoms with E-state index in [1.165, 1.54) is 0 Å². The molecule has 0 radical (unpaired) electrons. The third-order valence-corrected chi connectivity index (χ3v) is 4.15. The van der Waals surface area contributed by atoms with Gasteiger partial charge in [0.2, 0.25) is 5.91 Å². The number of aliphatic carboxylic acids is 1. The van der Waals surface area contributed by atoms with Gasteiger partial charge in [0.25, 0.3) is 0 Å². The molecule has 1 fully saturated rings. The summed E-state index contributed by atoms with van der Waals surface area (Å²) in [4.78, 5) is 23.4. The van der Waals surface area contributed by atoms with Crippen molar-refractivity contribution in [2.75, 3.05) is 13.1 Å². The highest BCUT2D eigenvalue weighted by atomic mass is 16.4. The Morgan fingerprint density at radius 3 is 2.47 bits per heavy atom.